The minimum Gasteiger partial charge on any atom is -0.493 e. The molecular weight excluding hydrogens is 476 g/mol. The monoisotopic (exact) mass is 506 g/mol. The molecule has 0 saturated heterocycles. The minimum atomic E-state index is -3.27. The molecule has 0 bridgehead atoms. The molecule has 0 radical (unpaired) electrons. The van der Waals surface area contributed by atoms with Gasteiger partial charge in [-0.05, 0) is 49.4 Å². The van der Waals surface area contributed by atoms with Crippen molar-refractivity contribution in [2.24, 2.45) is 0 Å². The van der Waals surface area contributed by atoms with Crippen molar-refractivity contribution in [3.05, 3.63) is 57.6 Å². The number of methoxy groups -OCH3 is 2. The van der Waals surface area contributed by atoms with Crippen molar-refractivity contribution < 1.29 is 27.6 Å². The highest BCUT2D eigenvalue weighted by molar-refractivity contribution is 7.88. The molecule has 11 nitrogen and oxygen atoms in total. The van der Waals surface area contributed by atoms with Crippen LogP contribution in [0.2, 0.25) is 0 Å². The molecule has 3 rings (SSSR count). The molecule has 2 aromatic rings. The van der Waals surface area contributed by atoms with Crippen molar-refractivity contribution in [1.29, 1.82) is 0 Å². The quantitative estimate of drug-likeness (QED) is 0.329. The molecule has 0 atom stereocenters. The predicted molar refractivity (Wildman–Crippen MR) is 131 cm³/mol. The number of hydrogen-bond donors (Lipinski definition) is 3. The number of nitro groups is 1. The second-order valence-corrected chi connectivity index (χ2v) is 10.2. The molecule has 1 amide bonds. The summed E-state index contributed by atoms with van der Waals surface area (Å²) >= 11 is 0. The molecule has 0 spiro atoms. The molecular formula is C23H30N4O7S. The largest absolute Gasteiger partial charge is 0.493 e. The van der Waals surface area contributed by atoms with E-state index in [9.17, 15) is 23.3 Å². The first-order valence-corrected chi connectivity index (χ1v) is 13.0. The van der Waals surface area contributed by atoms with Crippen LogP contribution in [0.5, 0.6) is 11.5 Å². The number of benzene rings is 2. The van der Waals surface area contributed by atoms with E-state index in [0.717, 1.165) is 11.8 Å². The first-order chi connectivity index (χ1) is 16.6. The number of nitrogens with one attached hydrogen (secondary N) is 3. The number of nitrogens with zero attached hydrogens (tertiary/aromatic N) is 1. The average Bonchev–Trinajstić information content (AvgIpc) is 2.82. The van der Waals surface area contributed by atoms with Gasteiger partial charge in [-0.15, -0.1) is 0 Å². The number of sulfonamides is 1. The Kier molecular flexibility index (Phi) is 8.52. The maximum absolute atomic E-state index is 13.0. The van der Waals surface area contributed by atoms with Crippen LogP contribution in [0.1, 0.15) is 41.6 Å². The van der Waals surface area contributed by atoms with Crippen LogP contribution in [0, 0.1) is 10.1 Å². The summed E-state index contributed by atoms with van der Waals surface area (Å²) < 4.78 is 36.1. The highest BCUT2D eigenvalue weighted by Crippen LogP contribution is 2.29. The third kappa shape index (κ3) is 7.30. The summed E-state index contributed by atoms with van der Waals surface area (Å²) in [5.74, 6) is 0.630. The van der Waals surface area contributed by atoms with Gasteiger partial charge in [0.2, 0.25) is 10.0 Å². The smallest absolute Gasteiger partial charge is 0.270 e. The first kappa shape index (κ1) is 26.2. The van der Waals surface area contributed by atoms with Gasteiger partial charge in [0.15, 0.2) is 11.5 Å². The first-order valence-electron chi connectivity index (χ1n) is 11.1. The maximum Gasteiger partial charge on any atom is 0.270 e. The molecule has 1 saturated carbocycles. The molecule has 1 aliphatic carbocycles. The van der Waals surface area contributed by atoms with Crippen LogP contribution in [0.25, 0.3) is 0 Å². The Morgan fingerprint density at radius 1 is 1.03 bits per heavy atom. The van der Waals surface area contributed by atoms with Gasteiger partial charge in [-0.25, -0.2) is 13.1 Å². The topological polar surface area (TPSA) is 149 Å². The lowest BCUT2D eigenvalue weighted by molar-refractivity contribution is -0.384. The number of carbonyl (C=O) groups excluding carboxylic acids is 1. The number of rotatable bonds is 10. The summed E-state index contributed by atoms with van der Waals surface area (Å²) in [4.78, 5) is 23.8. The Morgan fingerprint density at radius 3 is 2.29 bits per heavy atom. The van der Waals surface area contributed by atoms with Crippen molar-refractivity contribution in [1.82, 2.24) is 10.0 Å². The Bertz CT molecular complexity index is 1180. The highest BCUT2D eigenvalue weighted by atomic mass is 32.2. The molecule has 0 aliphatic heterocycles. The predicted octanol–water partition coefficient (Wildman–Crippen LogP) is 2.81. The van der Waals surface area contributed by atoms with Crippen LogP contribution in [0.3, 0.4) is 0 Å². The van der Waals surface area contributed by atoms with Gasteiger partial charge in [-0.1, -0.05) is 6.07 Å². The number of anilines is 1. The van der Waals surface area contributed by atoms with E-state index in [2.05, 4.69) is 15.4 Å². The minimum absolute atomic E-state index is 0.00599. The van der Waals surface area contributed by atoms with Crippen molar-refractivity contribution in [3.63, 3.8) is 0 Å². The second-order valence-electron chi connectivity index (χ2n) is 8.44. The SMILES string of the molecule is COc1ccc(CNC(=O)c2cc([N+](=O)[O-])ccc2NC2CCC(NS(C)(=O)=O)CC2)cc1OC. The van der Waals surface area contributed by atoms with Gasteiger partial charge in [0.05, 0.1) is 31.0 Å². The van der Waals surface area contributed by atoms with E-state index in [-0.39, 0.29) is 29.9 Å². The summed E-state index contributed by atoms with van der Waals surface area (Å²) in [5.41, 5.74) is 1.23. The van der Waals surface area contributed by atoms with E-state index in [1.165, 1.54) is 32.4 Å². The lowest BCUT2D eigenvalue weighted by Gasteiger charge is -2.30. The molecule has 0 unspecified atom stereocenters. The molecule has 1 fully saturated rings. The molecule has 1 aliphatic rings. The number of amides is 1. The Hall–Kier alpha value is -3.38. The standard InChI is InChI=1S/C23H30N4O7S/c1-33-21-11-4-15(12-22(21)34-2)14-24-23(28)19-13-18(27(29)30)9-10-20(19)25-16-5-7-17(8-6-16)26-35(3,31)32/h4,9-13,16-17,25-26H,5-8,14H2,1-3H3,(H,24,28). The summed E-state index contributed by atoms with van der Waals surface area (Å²) in [6.07, 6.45) is 3.83. The van der Waals surface area contributed by atoms with E-state index in [0.29, 0.717) is 42.9 Å². The van der Waals surface area contributed by atoms with Crippen molar-refractivity contribution >= 4 is 27.3 Å². The van der Waals surface area contributed by atoms with Crippen LogP contribution in [0.15, 0.2) is 36.4 Å². The second kappa shape index (κ2) is 11.4. The van der Waals surface area contributed by atoms with Crippen LogP contribution in [0.4, 0.5) is 11.4 Å². The molecule has 35 heavy (non-hydrogen) atoms. The van der Waals surface area contributed by atoms with Gasteiger partial charge in [-0.3, -0.25) is 14.9 Å². The van der Waals surface area contributed by atoms with E-state index in [4.69, 9.17) is 9.47 Å². The third-order valence-electron chi connectivity index (χ3n) is 5.83. The number of nitro benzene ring substituents is 1. The summed E-state index contributed by atoms with van der Waals surface area (Å²) in [6.45, 7) is 0.184. The molecule has 12 heteroatoms. The zero-order valence-electron chi connectivity index (χ0n) is 19.9. The van der Waals surface area contributed by atoms with E-state index in [1.807, 2.05) is 0 Å². The van der Waals surface area contributed by atoms with Gasteiger partial charge < -0.3 is 20.1 Å². The Labute approximate surface area is 204 Å². The maximum atomic E-state index is 13.0. The van der Waals surface area contributed by atoms with Gasteiger partial charge in [0.1, 0.15) is 0 Å². The van der Waals surface area contributed by atoms with Gasteiger partial charge in [0.25, 0.3) is 11.6 Å². The van der Waals surface area contributed by atoms with Gasteiger partial charge in [-0.2, -0.15) is 0 Å². The summed E-state index contributed by atoms with van der Waals surface area (Å²) in [5, 5.41) is 17.4. The van der Waals surface area contributed by atoms with Gasteiger partial charge >= 0.3 is 0 Å². The molecule has 190 valence electrons. The number of non-ortho nitro benzene ring substituents is 1. The molecule has 3 N–H and O–H groups in total. The fraction of sp³-hybridized carbons (Fsp3) is 0.435. The van der Waals surface area contributed by atoms with E-state index in [1.54, 1.807) is 18.2 Å². The fourth-order valence-electron chi connectivity index (χ4n) is 4.11. The lowest BCUT2D eigenvalue weighted by atomic mass is 9.91. The summed E-state index contributed by atoms with van der Waals surface area (Å²) in [7, 11) is -0.218. The lowest BCUT2D eigenvalue weighted by Crippen LogP contribution is -2.39. The van der Waals surface area contributed by atoms with E-state index < -0.39 is 20.9 Å². The fourth-order valence-corrected chi connectivity index (χ4v) is 4.95. The van der Waals surface area contributed by atoms with Crippen molar-refractivity contribution in [3.8, 4) is 11.5 Å². The number of carbonyl (C=O) groups is 1. The van der Waals surface area contributed by atoms with E-state index >= 15 is 0 Å². The highest BCUT2D eigenvalue weighted by Gasteiger charge is 2.25. The number of ether oxygens (including phenoxy) is 2. The van der Waals surface area contributed by atoms with Gasteiger partial charge in [0, 0.05) is 36.4 Å². The molecule has 2 aromatic carbocycles. The zero-order valence-corrected chi connectivity index (χ0v) is 20.7. The normalized spacial score (nSPS) is 17.9. The Morgan fingerprint density at radius 2 is 1.69 bits per heavy atom. The summed E-state index contributed by atoms with van der Waals surface area (Å²) in [6, 6.07) is 9.29. The van der Waals surface area contributed by atoms with Crippen LogP contribution >= 0.6 is 0 Å². The van der Waals surface area contributed by atoms with Crippen LogP contribution < -0.4 is 24.8 Å². The van der Waals surface area contributed by atoms with Crippen LogP contribution in [-0.4, -0.2) is 51.8 Å². The zero-order chi connectivity index (χ0) is 25.6. The average molecular weight is 507 g/mol. The van der Waals surface area contributed by atoms with Crippen molar-refractivity contribution in [2.75, 3.05) is 25.8 Å². The van der Waals surface area contributed by atoms with Crippen LogP contribution in [-0.2, 0) is 16.6 Å². The van der Waals surface area contributed by atoms with Crippen molar-refractivity contribution in [2.45, 2.75) is 44.3 Å². The Balaban J connectivity index is 1.71. The molecule has 0 aromatic heterocycles. The molecule has 0 heterocycles. The number of hydrogen-bond acceptors (Lipinski definition) is 8. The third-order valence-corrected chi connectivity index (χ3v) is 6.59.